The van der Waals surface area contributed by atoms with Crippen LogP contribution in [0.3, 0.4) is 0 Å². The number of aliphatic hydroxyl groups is 1. The molecule has 0 bridgehead atoms. The van der Waals surface area contributed by atoms with E-state index in [1.54, 1.807) is 59.8 Å². The molecule has 1 fully saturated rings. The van der Waals surface area contributed by atoms with Crippen LogP contribution in [0.4, 0.5) is 16.2 Å². The summed E-state index contributed by atoms with van der Waals surface area (Å²) in [5.41, 5.74) is 3.00. The van der Waals surface area contributed by atoms with Gasteiger partial charge >= 0.3 is 6.03 Å². The van der Waals surface area contributed by atoms with Crippen molar-refractivity contribution in [1.29, 1.82) is 0 Å². The smallest absolute Gasteiger partial charge is 0.324 e. The van der Waals surface area contributed by atoms with E-state index in [1.807, 2.05) is 23.1 Å². The average Bonchev–Trinajstić information content (AvgIpc) is 3.38. The topological polar surface area (TPSA) is 115 Å². The molecule has 0 spiro atoms. The Balaban J connectivity index is 1.22. The lowest BCUT2D eigenvalue weighted by molar-refractivity contribution is 0.174. The molecule has 3 N–H and O–H groups in total. The quantitative estimate of drug-likeness (QED) is 0.182. The van der Waals surface area contributed by atoms with E-state index in [0.717, 1.165) is 36.9 Å². The second kappa shape index (κ2) is 15.7. The van der Waals surface area contributed by atoms with Crippen LogP contribution in [0.15, 0.2) is 78.0 Å². The minimum atomic E-state index is -3.78. The summed E-state index contributed by atoms with van der Waals surface area (Å²) in [6.07, 6.45) is 10.6. The van der Waals surface area contributed by atoms with Crippen LogP contribution in [0.25, 0.3) is 0 Å². The minimum absolute atomic E-state index is 0.0164. The van der Waals surface area contributed by atoms with Gasteiger partial charge in [0.2, 0.25) is 0 Å². The zero-order valence-corrected chi connectivity index (χ0v) is 25.2. The molecule has 2 amide bonds. The predicted octanol–water partition coefficient (Wildman–Crippen LogP) is 5.35. The highest BCUT2D eigenvalue weighted by molar-refractivity contribution is 7.92. The highest BCUT2D eigenvalue weighted by Gasteiger charge is 2.29. The fourth-order valence-electron chi connectivity index (χ4n) is 5.03. The van der Waals surface area contributed by atoms with Crippen LogP contribution in [-0.2, 0) is 16.4 Å². The van der Waals surface area contributed by atoms with Crippen molar-refractivity contribution in [2.24, 2.45) is 0 Å². The summed E-state index contributed by atoms with van der Waals surface area (Å²) in [6, 6.07) is 17.4. The molecule has 10 heteroatoms. The van der Waals surface area contributed by atoms with Gasteiger partial charge in [-0.05, 0) is 67.4 Å². The maximum absolute atomic E-state index is 13.0. The molecule has 1 unspecified atom stereocenters. The molecule has 0 aliphatic carbocycles. The average molecular weight is 594 g/mol. The van der Waals surface area contributed by atoms with Crippen molar-refractivity contribution in [3.63, 3.8) is 0 Å². The van der Waals surface area contributed by atoms with Crippen molar-refractivity contribution < 1.29 is 18.3 Å². The van der Waals surface area contributed by atoms with Crippen molar-refractivity contribution in [2.75, 3.05) is 42.3 Å². The van der Waals surface area contributed by atoms with Gasteiger partial charge in [-0.25, -0.2) is 13.2 Å². The second-order valence-corrected chi connectivity index (χ2v) is 12.4. The standard InChI is InChI=1S/C32H43N5O4S/c1-2-3-4-5-6-7-21-36-22-23-37(32(36)39)29-14-16-30(17-15-29)42(40,41)35-28-12-10-26(11-13-28)18-20-34-25-31(38)27-9-8-19-33-24-27/h8-17,19,24,31,34-35,38H,2-7,18,20-23,25H2,1H3. The molecule has 1 aliphatic heterocycles. The lowest BCUT2D eigenvalue weighted by Crippen LogP contribution is -2.32. The van der Waals surface area contributed by atoms with Gasteiger partial charge in [0.15, 0.2) is 0 Å². The molecular formula is C32H43N5O4S. The first-order valence-electron chi connectivity index (χ1n) is 14.9. The normalized spacial score (nSPS) is 14.4. The van der Waals surface area contributed by atoms with Crippen molar-refractivity contribution >= 4 is 27.4 Å². The molecule has 2 heterocycles. The molecule has 1 aromatic heterocycles. The van der Waals surface area contributed by atoms with Gasteiger partial charge in [-0.3, -0.25) is 14.6 Å². The number of amides is 2. The summed E-state index contributed by atoms with van der Waals surface area (Å²) in [7, 11) is -3.78. The molecule has 1 atom stereocenters. The molecule has 9 nitrogen and oxygen atoms in total. The summed E-state index contributed by atoms with van der Waals surface area (Å²) < 4.78 is 28.6. The third-order valence-electron chi connectivity index (χ3n) is 7.54. The van der Waals surface area contributed by atoms with Gasteiger partial charge in [-0.15, -0.1) is 0 Å². The number of unbranched alkanes of at least 4 members (excludes halogenated alkanes) is 5. The number of hydrogen-bond donors (Lipinski definition) is 3. The van der Waals surface area contributed by atoms with Crippen LogP contribution in [-0.4, -0.2) is 62.2 Å². The Labute approximate surface area is 250 Å². The Bertz CT molecular complexity index is 1350. The van der Waals surface area contributed by atoms with E-state index >= 15 is 0 Å². The van der Waals surface area contributed by atoms with Crippen LogP contribution in [0, 0.1) is 0 Å². The van der Waals surface area contributed by atoms with E-state index < -0.39 is 16.1 Å². The van der Waals surface area contributed by atoms with E-state index in [4.69, 9.17) is 0 Å². The number of aliphatic hydroxyl groups excluding tert-OH is 1. The van der Waals surface area contributed by atoms with Crippen molar-refractivity contribution in [1.82, 2.24) is 15.2 Å². The predicted molar refractivity (Wildman–Crippen MR) is 167 cm³/mol. The van der Waals surface area contributed by atoms with E-state index in [9.17, 15) is 18.3 Å². The van der Waals surface area contributed by atoms with Crippen LogP contribution in [0.2, 0.25) is 0 Å². The monoisotopic (exact) mass is 593 g/mol. The Morgan fingerprint density at radius 3 is 2.40 bits per heavy atom. The summed E-state index contributed by atoms with van der Waals surface area (Å²) in [5.74, 6) is 0. The van der Waals surface area contributed by atoms with Gasteiger partial charge in [0.1, 0.15) is 0 Å². The van der Waals surface area contributed by atoms with Gasteiger partial charge in [0, 0.05) is 55.5 Å². The van der Waals surface area contributed by atoms with Gasteiger partial charge in [0.05, 0.1) is 11.0 Å². The number of rotatable bonds is 17. The number of pyridine rings is 1. The lowest BCUT2D eigenvalue weighted by Gasteiger charge is -2.19. The number of carbonyl (C=O) groups excluding carboxylic acids is 1. The number of aromatic nitrogens is 1. The Morgan fingerprint density at radius 1 is 0.952 bits per heavy atom. The number of nitrogens with one attached hydrogen (secondary N) is 2. The Morgan fingerprint density at radius 2 is 1.69 bits per heavy atom. The van der Waals surface area contributed by atoms with Crippen molar-refractivity contribution in [3.8, 4) is 0 Å². The van der Waals surface area contributed by atoms with Gasteiger partial charge < -0.3 is 15.3 Å². The number of anilines is 2. The molecule has 1 saturated heterocycles. The zero-order valence-electron chi connectivity index (χ0n) is 24.4. The van der Waals surface area contributed by atoms with E-state index in [2.05, 4.69) is 21.9 Å². The largest absolute Gasteiger partial charge is 0.387 e. The first-order valence-corrected chi connectivity index (χ1v) is 16.4. The maximum Gasteiger partial charge on any atom is 0.324 e. The third-order valence-corrected chi connectivity index (χ3v) is 8.94. The highest BCUT2D eigenvalue weighted by atomic mass is 32.2. The van der Waals surface area contributed by atoms with Gasteiger partial charge in [-0.1, -0.05) is 57.2 Å². The lowest BCUT2D eigenvalue weighted by atomic mass is 10.1. The first kappa shape index (κ1) is 31.5. The van der Waals surface area contributed by atoms with E-state index in [-0.39, 0.29) is 10.9 Å². The van der Waals surface area contributed by atoms with Gasteiger partial charge in [-0.2, -0.15) is 0 Å². The maximum atomic E-state index is 13.0. The highest BCUT2D eigenvalue weighted by Crippen LogP contribution is 2.24. The Kier molecular flexibility index (Phi) is 11.7. The number of hydrogen-bond acceptors (Lipinski definition) is 6. The molecule has 0 saturated carbocycles. The minimum Gasteiger partial charge on any atom is -0.387 e. The third kappa shape index (κ3) is 9.01. The van der Waals surface area contributed by atoms with Crippen LogP contribution < -0.4 is 14.9 Å². The molecule has 1 aliphatic rings. The number of nitrogens with zero attached hydrogens (tertiary/aromatic N) is 3. The summed E-state index contributed by atoms with van der Waals surface area (Å²) in [5, 5.41) is 13.5. The van der Waals surface area contributed by atoms with Crippen molar-refractivity contribution in [3.05, 3.63) is 84.2 Å². The molecule has 0 radical (unpaired) electrons. The number of benzene rings is 2. The second-order valence-electron chi connectivity index (χ2n) is 10.7. The fraction of sp³-hybridized carbons (Fsp3) is 0.438. The van der Waals surface area contributed by atoms with E-state index in [0.29, 0.717) is 37.6 Å². The Hall–Kier alpha value is -3.47. The molecule has 2 aromatic carbocycles. The molecule has 3 aromatic rings. The van der Waals surface area contributed by atoms with Crippen LogP contribution >= 0.6 is 0 Å². The van der Waals surface area contributed by atoms with Crippen LogP contribution in [0.1, 0.15) is 62.7 Å². The van der Waals surface area contributed by atoms with Crippen LogP contribution in [0.5, 0.6) is 0 Å². The zero-order chi connectivity index (χ0) is 29.8. The molecule has 4 rings (SSSR count). The number of urea groups is 1. The summed E-state index contributed by atoms with van der Waals surface area (Å²) in [4.78, 5) is 20.7. The number of sulfonamides is 1. The van der Waals surface area contributed by atoms with E-state index in [1.165, 1.54) is 25.7 Å². The fourth-order valence-corrected chi connectivity index (χ4v) is 6.09. The summed E-state index contributed by atoms with van der Waals surface area (Å²) >= 11 is 0. The van der Waals surface area contributed by atoms with Gasteiger partial charge in [0.25, 0.3) is 10.0 Å². The molecule has 42 heavy (non-hydrogen) atoms. The molecule has 226 valence electrons. The van der Waals surface area contributed by atoms with Crippen molar-refractivity contribution in [2.45, 2.75) is 62.9 Å². The summed E-state index contributed by atoms with van der Waals surface area (Å²) in [6.45, 7) is 5.36. The molecular weight excluding hydrogens is 550 g/mol. The first-order chi connectivity index (χ1) is 20.4. The number of carbonyl (C=O) groups is 1. The SMILES string of the molecule is CCCCCCCCN1CCN(c2ccc(S(=O)(=O)Nc3ccc(CCNCC(O)c4cccnc4)cc3)cc2)C1=O.